The molecule has 0 unspecified atom stereocenters. The average Bonchev–Trinajstić information content (AvgIpc) is 3.12. The summed E-state index contributed by atoms with van der Waals surface area (Å²) in [5, 5.41) is 0. The van der Waals surface area contributed by atoms with Gasteiger partial charge in [0.1, 0.15) is 11.5 Å². The highest BCUT2D eigenvalue weighted by Gasteiger charge is 2.19. The molecule has 0 radical (unpaired) electrons. The molecule has 1 heterocycles. The van der Waals surface area contributed by atoms with Crippen LogP contribution in [0.3, 0.4) is 0 Å². The average molecular weight is 335 g/mol. The highest BCUT2D eigenvalue weighted by atomic mass is 16.5. The minimum absolute atomic E-state index is 0.269. The van der Waals surface area contributed by atoms with E-state index in [2.05, 4.69) is 4.98 Å². The zero-order valence-electron chi connectivity index (χ0n) is 13.9. The molecule has 2 aromatic carbocycles. The van der Waals surface area contributed by atoms with Crippen molar-refractivity contribution in [1.82, 2.24) is 4.98 Å². The summed E-state index contributed by atoms with van der Waals surface area (Å²) >= 11 is 0. The fourth-order valence-electron chi connectivity index (χ4n) is 2.73. The summed E-state index contributed by atoms with van der Waals surface area (Å²) in [6.45, 7) is 0. The Kier molecular flexibility index (Phi) is 4.66. The van der Waals surface area contributed by atoms with Crippen molar-refractivity contribution in [3.05, 3.63) is 60.4 Å². The highest BCUT2D eigenvalue weighted by molar-refractivity contribution is 6.34. The van der Waals surface area contributed by atoms with Gasteiger partial charge in [-0.1, -0.05) is 24.3 Å². The van der Waals surface area contributed by atoms with Gasteiger partial charge in [0, 0.05) is 17.3 Å². The molecule has 3 aromatic rings. The lowest BCUT2D eigenvalue weighted by molar-refractivity contribution is -0.104. The molecule has 5 heteroatoms. The Hall–Kier alpha value is -3.34. The van der Waals surface area contributed by atoms with Crippen LogP contribution in [0.1, 0.15) is 10.5 Å². The molecule has 126 valence electrons. The number of benzene rings is 2. The van der Waals surface area contributed by atoms with E-state index < -0.39 is 5.78 Å². The first-order valence-electron chi connectivity index (χ1n) is 7.67. The number of ether oxygens (including phenoxy) is 2. The van der Waals surface area contributed by atoms with Crippen LogP contribution < -0.4 is 9.47 Å². The Bertz CT molecular complexity index is 892. The van der Waals surface area contributed by atoms with Crippen LogP contribution in [-0.2, 0) is 4.79 Å². The molecular formula is C20H17NO4. The second kappa shape index (κ2) is 7.05. The molecule has 0 spiro atoms. The van der Waals surface area contributed by atoms with Crippen molar-refractivity contribution in [1.29, 1.82) is 0 Å². The zero-order chi connectivity index (χ0) is 17.8. The number of methoxy groups -OCH3 is 2. The third kappa shape index (κ3) is 3.17. The van der Waals surface area contributed by atoms with Crippen molar-refractivity contribution < 1.29 is 19.1 Å². The maximum Gasteiger partial charge on any atom is 0.242 e. The number of aromatic amines is 1. The van der Waals surface area contributed by atoms with Crippen LogP contribution in [0.15, 0.2) is 54.7 Å². The first-order chi connectivity index (χ1) is 12.2. The first kappa shape index (κ1) is 16.5. The minimum Gasteiger partial charge on any atom is -0.497 e. The maximum atomic E-state index is 12.0. The number of hydrogen-bond acceptors (Lipinski definition) is 4. The summed E-state index contributed by atoms with van der Waals surface area (Å²) < 4.78 is 10.4. The van der Waals surface area contributed by atoms with Crippen LogP contribution in [0, 0.1) is 0 Å². The number of carbonyl (C=O) groups is 2. The van der Waals surface area contributed by atoms with Gasteiger partial charge in [-0.2, -0.15) is 0 Å². The minimum atomic E-state index is -0.592. The van der Waals surface area contributed by atoms with Crippen molar-refractivity contribution in [2.24, 2.45) is 0 Å². The van der Waals surface area contributed by atoms with Crippen LogP contribution in [0.4, 0.5) is 0 Å². The van der Waals surface area contributed by atoms with Crippen molar-refractivity contribution in [2.75, 3.05) is 14.2 Å². The quantitative estimate of drug-likeness (QED) is 0.423. The molecule has 3 rings (SSSR count). The molecule has 0 aliphatic rings. The van der Waals surface area contributed by atoms with E-state index in [1.54, 1.807) is 20.4 Å². The van der Waals surface area contributed by atoms with Gasteiger partial charge in [-0.15, -0.1) is 0 Å². The monoisotopic (exact) mass is 335 g/mol. The van der Waals surface area contributed by atoms with Crippen LogP contribution in [0.2, 0.25) is 0 Å². The Balaban J connectivity index is 2.16. The van der Waals surface area contributed by atoms with Gasteiger partial charge < -0.3 is 14.5 Å². The predicted molar refractivity (Wildman–Crippen MR) is 95.2 cm³/mol. The molecule has 0 aliphatic carbocycles. The number of carbonyl (C=O) groups excluding carboxylic acids is 2. The smallest absolute Gasteiger partial charge is 0.242 e. The molecule has 0 aliphatic heterocycles. The second-order valence-corrected chi connectivity index (χ2v) is 5.39. The lowest BCUT2D eigenvalue weighted by Gasteiger charge is -2.08. The number of aldehydes is 1. The van der Waals surface area contributed by atoms with Gasteiger partial charge in [-0.3, -0.25) is 9.59 Å². The van der Waals surface area contributed by atoms with Gasteiger partial charge in [0.15, 0.2) is 6.29 Å². The zero-order valence-corrected chi connectivity index (χ0v) is 13.9. The van der Waals surface area contributed by atoms with Crippen LogP contribution in [0.5, 0.6) is 11.5 Å². The van der Waals surface area contributed by atoms with E-state index in [1.807, 2.05) is 48.5 Å². The normalized spacial score (nSPS) is 10.3. The summed E-state index contributed by atoms with van der Waals surface area (Å²) in [6, 6.07) is 14.9. The summed E-state index contributed by atoms with van der Waals surface area (Å²) in [5.41, 5.74) is 3.51. The van der Waals surface area contributed by atoms with Gasteiger partial charge >= 0.3 is 0 Å². The topological polar surface area (TPSA) is 68.4 Å². The lowest BCUT2D eigenvalue weighted by atomic mass is 9.95. The highest BCUT2D eigenvalue weighted by Crippen LogP contribution is 2.36. The molecule has 0 amide bonds. The number of nitrogens with one attached hydrogen (secondary N) is 1. The summed E-state index contributed by atoms with van der Waals surface area (Å²) in [4.78, 5) is 26.0. The molecule has 1 aromatic heterocycles. The van der Waals surface area contributed by atoms with E-state index in [0.29, 0.717) is 17.6 Å². The van der Waals surface area contributed by atoms with Crippen LogP contribution in [-0.4, -0.2) is 31.3 Å². The fourth-order valence-corrected chi connectivity index (χ4v) is 2.73. The van der Waals surface area contributed by atoms with Crippen molar-refractivity contribution in [2.45, 2.75) is 0 Å². The predicted octanol–water partition coefficient (Wildman–Crippen LogP) is 3.75. The molecule has 5 nitrogen and oxygen atoms in total. The Labute approximate surface area is 145 Å². The van der Waals surface area contributed by atoms with Crippen LogP contribution in [0.25, 0.3) is 22.3 Å². The first-order valence-corrected chi connectivity index (χ1v) is 7.67. The number of aromatic nitrogens is 1. The van der Waals surface area contributed by atoms with Crippen LogP contribution >= 0.6 is 0 Å². The fraction of sp³-hybridized carbons (Fsp3) is 0.100. The molecule has 0 fully saturated rings. The molecule has 0 saturated heterocycles. The number of H-pyrrole nitrogens is 1. The van der Waals surface area contributed by atoms with E-state index in [0.717, 1.165) is 22.4 Å². The Morgan fingerprint density at radius 2 is 1.40 bits per heavy atom. The third-order valence-corrected chi connectivity index (χ3v) is 4.01. The molecule has 1 N–H and O–H groups in total. The van der Waals surface area contributed by atoms with E-state index in [9.17, 15) is 9.59 Å². The van der Waals surface area contributed by atoms with Gasteiger partial charge in [0.2, 0.25) is 5.78 Å². The Morgan fingerprint density at radius 3 is 1.88 bits per heavy atom. The van der Waals surface area contributed by atoms with E-state index in [1.165, 1.54) is 0 Å². The van der Waals surface area contributed by atoms with Crippen molar-refractivity contribution in [3.8, 4) is 33.8 Å². The molecule has 0 saturated carbocycles. The van der Waals surface area contributed by atoms with E-state index >= 15 is 0 Å². The second-order valence-electron chi connectivity index (χ2n) is 5.39. The Morgan fingerprint density at radius 1 is 0.880 bits per heavy atom. The summed E-state index contributed by atoms with van der Waals surface area (Å²) in [7, 11) is 3.20. The van der Waals surface area contributed by atoms with E-state index in [-0.39, 0.29) is 5.69 Å². The molecule has 0 atom stereocenters. The largest absolute Gasteiger partial charge is 0.497 e. The SMILES string of the molecule is COc1ccc(-c2c[nH]c(C(=O)C=O)c2-c2ccc(OC)cc2)cc1. The molecule has 25 heavy (non-hydrogen) atoms. The van der Waals surface area contributed by atoms with E-state index in [4.69, 9.17) is 9.47 Å². The number of ketones is 1. The lowest BCUT2D eigenvalue weighted by Crippen LogP contribution is -2.02. The maximum absolute atomic E-state index is 12.0. The molecule has 0 bridgehead atoms. The van der Waals surface area contributed by atoms with Crippen molar-refractivity contribution in [3.63, 3.8) is 0 Å². The summed E-state index contributed by atoms with van der Waals surface area (Å²) in [6.07, 6.45) is 2.05. The number of rotatable bonds is 6. The van der Waals surface area contributed by atoms with Gasteiger partial charge in [-0.05, 0) is 35.4 Å². The standard InChI is InChI=1S/C20H17NO4/c1-24-15-7-3-13(4-8-15)17-11-21-20(18(23)12-22)19(17)14-5-9-16(25-2)10-6-14/h3-12,21H,1-2H3. The summed E-state index contributed by atoms with van der Waals surface area (Å²) in [5.74, 6) is 0.869. The van der Waals surface area contributed by atoms with Crippen molar-refractivity contribution >= 4 is 12.1 Å². The number of Topliss-reactive ketones (excluding diaryl/α,β-unsaturated/α-hetero) is 1. The number of hydrogen-bond donors (Lipinski definition) is 1. The van der Waals surface area contributed by atoms with Gasteiger partial charge in [-0.25, -0.2) is 0 Å². The third-order valence-electron chi connectivity index (χ3n) is 4.01. The van der Waals surface area contributed by atoms with Gasteiger partial charge in [0.25, 0.3) is 0 Å². The molecular weight excluding hydrogens is 318 g/mol. The van der Waals surface area contributed by atoms with Gasteiger partial charge in [0.05, 0.1) is 19.9 Å².